The number of amides is 1. The van der Waals surface area contributed by atoms with Crippen molar-refractivity contribution in [1.29, 1.82) is 0 Å². The van der Waals surface area contributed by atoms with Gasteiger partial charge in [-0.2, -0.15) is 0 Å². The lowest BCUT2D eigenvalue weighted by atomic mass is 9.73. The number of cyclic esters (lactones) is 1. The number of aliphatic hydroxyl groups excluding tert-OH is 2. The number of rotatable bonds is 7. The van der Waals surface area contributed by atoms with Crippen molar-refractivity contribution < 1.29 is 62.5 Å². The molecule has 5 rings (SSSR count). The summed E-state index contributed by atoms with van der Waals surface area (Å²) >= 11 is 0. The maximum atomic E-state index is 14.7. The largest absolute Gasteiger partial charge is 0.458 e. The fraction of sp³-hybridized carbons (Fsp3) is 0.881. The Balaban J connectivity index is 1.70. The molecule has 5 aliphatic heterocycles. The van der Waals surface area contributed by atoms with Crippen LogP contribution in [0.1, 0.15) is 94.9 Å². The minimum Gasteiger partial charge on any atom is -0.458 e. The van der Waals surface area contributed by atoms with Crippen molar-refractivity contribution in [1.82, 2.24) is 9.80 Å². The number of carbonyl (C=O) groups is 3. The highest BCUT2D eigenvalue weighted by atomic mass is 16.7. The lowest BCUT2D eigenvalue weighted by Gasteiger charge is -2.50. The van der Waals surface area contributed by atoms with Gasteiger partial charge in [-0.15, -0.1) is 0 Å². The molecular formula is C42H70N2O13. The van der Waals surface area contributed by atoms with Gasteiger partial charge in [0.25, 0.3) is 0 Å². The Hall–Kier alpha value is -2.21. The first-order valence-electron chi connectivity index (χ1n) is 20.8. The first kappa shape index (κ1) is 45.9. The molecule has 0 aromatic carbocycles. The molecule has 18 atom stereocenters. The molecule has 2 bridgehead atoms. The van der Waals surface area contributed by atoms with Crippen molar-refractivity contribution >= 4 is 17.8 Å². The topological polar surface area (TPSA) is 172 Å². The Kier molecular flexibility index (Phi) is 14.3. The number of methoxy groups -OCH3 is 1. The molecule has 4 fully saturated rings. The summed E-state index contributed by atoms with van der Waals surface area (Å²) in [6.45, 7) is 18.5. The number of hydrogen-bond acceptors (Lipinski definition) is 14. The lowest BCUT2D eigenvalue weighted by Crippen LogP contribution is -2.62. The molecule has 0 aromatic heterocycles. The second-order valence-electron chi connectivity index (χ2n) is 18.2. The standard InChI is InChI=1S/C42H70N2O13/c1-14-29-42(10)34-24(4)31(45)22(2)20-41(9,51-18-16-15-17-44(34)39(49)57-42)36(56-38-32(46)28(43(11)12)19-23(3)52-38)25(5)33(26(6)37(48)54-29)55-30-21-40(8,50-13)35(47)27(7)53-30/h15-16,22-30,32-36,38,46-47H,14,17-21H2,1-13H3/b16-15-/t22-,23-,24+,25+,26-,27+,28+,29+,30?,32-,33?,34-,35+,36-,38?,40-,41+,42-/m1/s1. The molecule has 0 spiro atoms. The number of likely N-dealkylation sites (N-methyl/N-ethyl adjacent to an activating group) is 1. The number of aliphatic hydroxyl groups is 2. The maximum Gasteiger partial charge on any atom is 0.411 e. The number of nitrogens with zero attached hydrogens (tertiary/aromatic N) is 2. The summed E-state index contributed by atoms with van der Waals surface area (Å²) in [5.41, 5.74) is -3.62. The summed E-state index contributed by atoms with van der Waals surface area (Å²) in [7, 11) is 5.32. The van der Waals surface area contributed by atoms with Crippen LogP contribution in [0.15, 0.2) is 12.2 Å². The van der Waals surface area contributed by atoms with Gasteiger partial charge >= 0.3 is 12.1 Å². The molecule has 15 heteroatoms. The van der Waals surface area contributed by atoms with Crippen LogP contribution in [-0.4, -0.2) is 156 Å². The van der Waals surface area contributed by atoms with E-state index in [0.29, 0.717) is 12.8 Å². The summed E-state index contributed by atoms with van der Waals surface area (Å²) in [6, 6.07) is -1.03. The van der Waals surface area contributed by atoms with E-state index in [-0.39, 0.29) is 43.9 Å². The molecule has 5 aliphatic rings. The Morgan fingerprint density at radius 1 is 0.947 bits per heavy atom. The van der Waals surface area contributed by atoms with E-state index in [1.807, 2.05) is 65.8 Å². The second kappa shape index (κ2) is 17.8. The van der Waals surface area contributed by atoms with Crippen molar-refractivity contribution in [3.63, 3.8) is 0 Å². The third-order valence-corrected chi connectivity index (χ3v) is 13.6. The molecule has 0 saturated carbocycles. The SMILES string of the molecule is CC[C@@H]1OC(=O)[C@H](C)C(OC2C[C@@](C)(OC)[C@@H](O)[C@H](C)O2)[C@H](C)[C@@H](OC2O[C@H](C)C[C@H](N(C)C)[C@H]2O)[C@]2(C)C[C@@H](C)C(=O)[C@H](C)[C@H]3N(C/C=C\CO2)C(=O)O[C@]13C. The summed E-state index contributed by atoms with van der Waals surface area (Å²) in [5, 5.41) is 22.8. The highest BCUT2D eigenvalue weighted by Crippen LogP contribution is 2.45. The number of esters is 1. The van der Waals surface area contributed by atoms with E-state index >= 15 is 0 Å². The monoisotopic (exact) mass is 810 g/mol. The van der Waals surface area contributed by atoms with Crippen LogP contribution in [0.4, 0.5) is 4.79 Å². The lowest BCUT2D eigenvalue weighted by molar-refractivity contribution is -0.320. The van der Waals surface area contributed by atoms with Crippen LogP contribution >= 0.6 is 0 Å². The fourth-order valence-electron chi connectivity index (χ4n) is 10.3. The predicted octanol–water partition coefficient (Wildman–Crippen LogP) is 3.85. The number of carbonyl (C=O) groups excluding carboxylic acids is 3. The van der Waals surface area contributed by atoms with E-state index in [4.69, 9.17) is 37.9 Å². The highest BCUT2D eigenvalue weighted by molar-refractivity contribution is 5.85. The van der Waals surface area contributed by atoms with Crippen LogP contribution in [-0.2, 0) is 47.5 Å². The predicted molar refractivity (Wildman–Crippen MR) is 208 cm³/mol. The number of hydrogen-bond donors (Lipinski definition) is 2. The quantitative estimate of drug-likeness (QED) is 0.281. The van der Waals surface area contributed by atoms with Crippen LogP contribution in [0.25, 0.3) is 0 Å². The third-order valence-electron chi connectivity index (χ3n) is 13.6. The van der Waals surface area contributed by atoms with Gasteiger partial charge in [-0.1, -0.05) is 39.8 Å². The van der Waals surface area contributed by atoms with Crippen LogP contribution < -0.4 is 0 Å². The molecule has 0 radical (unpaired) electrons. The van der Waals surface area contributed by atoms with Crippen LogP contribution in [0.2, 0.25) is 0 Å². The summed E-state index contributed by atoms with van der Waals surface area (Å²) < 4.78 is 51.6. The van der Waals surface area contributed by atoms with Gasteiger partial charge in [0.15, 0.2) is 18.2 Å². The van der Waals surface area contributed by atoms with Gasteiger partial charge in [-0.3, -0.25) is 14.5 Å². The van der Waals surface area contributed by atoms with Crippen molar-refractivity contribution in [3.8, 4) is 0 Å². The molecule has 4 saturated heterocycles. The van der Waals surface area contributed by atoms with Gasteiger partial charge in [-0.05, 0) is 74.9 Å². The molecule has 1 amide bonds. The second-order valence-corrected chi connectivity index (χ2v) is 18.2. The summed E-state index contributed by atoms with van der Waals surface area (Å²) in [5.74, 6) is -3.71. The molecule has 2 N–H and O–H groups in total. The van der Waals surface area contributed by atoms with Gasteiger partial charge < -0.3 is 53.0 Å². The molecule has 0 aromatic rings. The molecule has 5 heterocycles. The van der Waals surface area contributed by atoms with Gasteiger partial charge in [-0.25, -0.2) is 4.79 Å². The van der Waals surface area contributed by atoms with Crippen molar-refractivity contribution in [2.75, 3.05) is 34.4 Å². The maximum absolute atomic E-state index is 14.7. The minimum absolute atomic E-state index is 0.100. The molecule has 326 valence electrons. The third kappa shape index (κ3) is 8.97. The Bertz CT molecular complexity index is 1460. The Morgan fingerprint density at radius 3 is 2.26 bits per heavy atom. The van der Waals surface area contributed by atoms with Crippen molar-refractivity contribution in [3.05, 3.63) is 12.2 Å². The van der Waals surface area contributed by atoms with E-state index < -0.39 is 108 Å². The van der Waals surface area contributed by atoms with Gasteiger partial charge in [0.1, 0.15) is 24.1 Å². The highest BCUT2D eigenvalue weighted by Gasteiger charge is 2.61. The van der Waals surface area contributed by atoms with E-state index in [9.17, 15) is 24.6 Å². The van der Waals surface area contributed by atoms with Crippen molar-refractivity contribution in [2.24, 2.45) is 23.7 Å². The van der Waals surface area contributed by atoms with Crippen LogP contribution in [0.5, 0.6) is 0 Å². The van der Waals surface area contributed by atoms with Crippen LogP contribution in [0, 0.1) is 23.7 Å². The Labute approximate surface area is 338 Å². The fourth-order valence-corrected chi connectivity index (χ4v) is 10.3. The summed E-state index contributed by atoms with van der Waals surface area (Å²) in [6.07, 6.45) is -3.56. The number of ether oxygens (including phenoxy) is 8. The average Bonchev–Trinajstić information content (AvgIpc) is 3.41. The van der Waals surface area contributed by atoms with Gasteiger partial charge in [0, 0.05) is 43.9 Å². The molecule has 0 aliphatic carbocycles. The van der Waals surface area contributed by atoms with E-state index in [0.717, 1.165) is 0 Å². The zero-order valence-electron chi connectivity index (χ0n) is 36.3. The molecule has 3 unspecified atom stereocenters. The number of fused-ring (bicyclic) bond motifs is 4. The van der Waals surface area contributed by atoms with E-state index in [1.165, 1.54) is 7.11 Å². The smallest absolute Gasteiger partial charge is 0.411 e. The molecule has 57 heavy (non-hydrogen) atoms. The van der Waals surface area contributed by atoms with Crippen LogP contribution in [0.3, 0.4) is 0 Å². The van der Waals surface area contributed by atoms with E-state index in [2.05, 4.69) is 0 Å². The first-order valence-corrected chi connectivity index (χ1v) is 20.8. The van der Waals surface area contributed by atoms with Crippen molar-refractivity contribution in [2.45, 2.75) is 179 Å². The Morgan fingerprint density at radius 2 is 1.63 bits per heavy atom. The summed E-state index contributed by atoms with van der Waals surface area (Å²) in [4.78, 5) is 46.5. The number of ketones is 1. The molecule has 15 nitrogen and oxygen atoms in total. The molecular weight excluding hydrogens is 740 g/mol. The average molecular weight is 811 g/mol. The minimum atomic E-state index is -1.36. The van der Waals surface area contributed by atoms with E-state index in [1.54, 1.807) is 39.5 Å². The normalized spacial score (nSPS) is 48.3. The first-order chi connectivity index (χ1) is 26.6. The zero-order chi connectivity index (χ0) is 42.4. The van der Waals surface area contributed by atoms with Gasteiger partial charge in [0.05, 0.1) is 54.2 Å². The number of Topliss-reactive ketones (excluding diaryl/α,β-unsaturated/α-hetero) is 1. The van der Waals surface area contributed by atoms with Gasteiger partial charge in [0.2, 0.25) is 0 Å². The zero-order valence-corrected chi connectivity index (χ0v) is 36.3.